The van der Waals surface area contributed by atoms with E-state index >= 15 is 0 Å². The summed E-state index contributed by atoms with van der Waals surface area (Å²) in [6, 6.07) is 6.25. The maximum Gasteiger partial charge on any atom is 0.256 e. The van der Waals surface area contributed by atoms with Crippen LogP contribution in [0.5, 0.6) is 0 Å². The number of hydrogen-bond acceptors (Lipinski definition) is 4. The molecule has 4 N–H and O–H groups in total. The lowest BCUT2D eigenvalue weighted by molar-refractivity contribution is -0.0958. The second kappa shape index (κ2) is 8.57. The molecule has 1 amide bonds. The molecular weight excluding hydrogens is 526 g/mol. The van der Waals surface area contributed by atoms with Crippen molar-refractivity contribution in [1.82, 2.24) is 9.80 Å². The second-order valence-corrected chi connectivity index (χ2v) is 9.40. The molecule has 166 valence electrons. The molecule has 2 aromatic rings. The van der Waals surface area contributed by atoms with Gasteiger partial charge in [0.05, 0.1) is 42.7 Å². The SMILES string of the molecule is O=C(c1ccc(F)c(F)c1Nc1ccc(I)cc1F)N1CC([OH2+])(CN2CCC(O)C2)C1. The zero-order valence-electron chi connectivity index (χ0n) is 16.5. The summed E-state index contributed by atoms with van der Waals surface area (Å²) in [5.41, 5.74) is -1.52. The highest BCUT2D eigenvalue weighted by molar-refractivity contribution is 14.1. The molecule has 2 aromatic carbocycles. The van der Waals surface area contributed by atoms with Crippen LogP contribution in [-0.4, -0.2) is 70.3 Å². The predicted octanol–water partition coefficient (Wildman–Crippen LogP) is 2.44. The number of halogens is 4. The zero-order valence-corrected chi connectivity index (χ0v) is 18.6. The molecule has 1 unspecified atom stereocenters. The third-order valence-electron chi connectivity index (χ3n) is 5.56. The van der Waals surface area contributed by atoms with E-state index in [9.17, 15) is 23.1 Å². The number of hydrogen-bond donors (Lipinski definition) is 2. The Kier molecular flexibility index (Phi) is 6.16. The van der Waals surface area contributed by atoms with Gasteiger partial charge in [-0.2, -0.15) is 0 Å². The van der Waals surface area contributed by atoms with Crippen LogP contribution >= 0.6 is 22.6 Å². The van der Waals surface area contributed by atoms with Crippen LogP contribution in [0.2, 0.25) is 0 Å². The lowest BCUT2D eigenvalue weighted by atomic mass is 9.92. The maximum atomic E-state index is 14.6. The molecule has 4 rings (SSSR count). The number of aliphatic hydroxyl groups is 1. The van der Waals surface area contributed by atoms with Gasteiger partial charge in [-0.25, -0.2) is 13.2 Å². The first-order valence-electron chi connectivity index (χ1n) is 9.80. The molecule has 0 aliphatic carbocycles. The van der Waals surface area contributed by atoms with E-state index in [0.717, 1.165) is 12.1 Å². The van der Waals surface area contributed by atoms with Gasteiger partial charge in [0.1, 0.15) is 5.82 Å². The van der Waals surface area contributed by atoms with Gasteiger partial charge in [-0.1, -0.05) is 0 Å². The molecule has 2 aliphatic rings. The highest BCUT2D eigenvalue weighted by atomic mass is 127. The number of aliphatic hydroxyl groups excluding tert-OH is 1. The summed E-state index contributed by atoms with van der Waals surface area (Å²) in [6.45, 7) is 1.90. The summed E-state index contributed by atoms with van der Waals surface area (Å²) < 4.78 is 43.3. The van der Waals surface area contributed by atoms with Gasteiger partial charge in [-0.15, -0.1) is 0 Å². The monoisotopic (exact) mass is 548 g/mol. The first-order chi connectivity index (χ1) is 14.6. The summed E-state index contributed by atoms with van der Waals surface area (Å²) in [5, 5.41) is 20.7. The van der Waals surface area contributed by atoms with Crippen molar-refractivity contribution >= 4 is 39.9 Å². The molecule has 1 atom stereocenters. The summed E-state index contributed by atoms with van der Waals surface area (Å²) >= 11 is 1.93. The zero-order chi connectivity index (χ0) is 22.3. The molecule has 0 spiro atoms. The minimum absolute atomic E-state index is 0.0787. The van der Waals surface area contributed by atoms with Crippen LogP contribution in [0.15, 0.2) is 30.3 Å². The first kappa shape index (κ1) is 22.3. The topological polar surface area (TPSA) is 78.7 Å². The van der Waals surface area contributed by atoms with Gasteiger partial charge in [0.2, 0.25) is 5.60 Å². The van der Waals surface area contributed by atoms with Crippen LogP contribution in [0.25, 0.3) is 0 Å². The Hall–Kier alpha value is -1.89. The number of carbonyl (C=O) groups excluding carboxylic acids is 1. The van der Waals surface area contributed by atoms with E-state index in [1.165, 1.54) is 17.0 Å². The van der Waals surface area contributed by atoms with E-state index in [1.54, 1.807) is 6.07 Å². The predicted molar refractivity (Wildman–Crippen MR) is 118 cm³/mol. The van der Waals surface area contributed by atoms with Crippen molar-refractivity contribution in [3.63, 3.8) is 0 Å². The molecule has 0 radical (unpaired) electrons. The first-order valence-corrected chi connectivity index (χ1v) is 10.9. The van der Waals surface area contributed by atoms with Gasteiger partial charge in [0, 0.05) is 16.7 Å². The van der Waals surface area contributed by atoms with Crippen LogP contribution in [0.3, 0.4) is 0 Å². The van der Waals surface area contributed by atoms with Crippen molar-refractivity contribution < 1.29 is 28.2 Å². The molecule has 6 nitrogen and oxygen atoms in total. The Morgan fingerprint density at radius 1 is 1.23 bits per heavy atom. The molecule has 2 fully saturated rings. The number of amides is 1. The summed E-state index contributed by atoms with van der Waals surface area (Å²) in [5.74, 6) is -3.64. The molecule has 0 saturated carbocycles. The highest BCUT2D eigenvalue weighted by Gasteiger charge is 2.50. The van der Waals surface area contributed by atoms with Crippen LogP contribution in [0.1, 0.15) is 16.8 Å². The minimum atomic E-state index is -1.27. The lowest BCUT2D eigenvalue weighted by Crippen LogP contribution is -2.67. The van der Waals surface area contributed by atoms with Crippen molar-refractivity contribution in [2.75, 3.05) is 38.0 Å². The number of likely N-dealkylation sites (tertiary alicyclic amines) is 2. The maximum absolute atomic E-state index is 14.6. The fourth-order valence-corrected chi connectivity index (χ4v) is 4.51. The summed E-state index contributed by atoms with van der Waals surface area (Å²) in [7, 11) is 0. The van der Waals surface area contributed by atoms with Crippen molar-refractivity contribution in [1.29, 1.82) is 0 Å². The number of β-amino-alcohol motifs (C(OH)–C–C–N with tert-alkyl or cyclic N) is 1. The van der Waals surface area contributed by atoms with Gasteiger partial charge < -0.3 is 20.4 Å². The molecule has 0 aromatic heterocycles. The Morgan fingerprint density at radius 2 is 1.97 bits per heavy atom. The molecule has 31 heavy (non-hydrogen) atoms. The van der Waals surface area contributed by atoms with E-state index < -0.39 is 34.6 Å². The Balaban J connectivity index is 1.52. The van der Waals surface area contributed by atoms with E-state index in [1.807, 2.05) is 27.5 Å². The normalized spacial score (nSPS) is 20.6. The quantitative estimate of drug-likeness (QED) is 0.445. The number of anilines is 2. The Labute approximate surface area is 190 Å². The Bertz CT molecular complexity index is 1020. The fourth-order valence-electron chi connectivity index (χ4n) is 4.06. The largest absolute Gasteiger partial charge is 0.437 e. The van der Waals surface area contributed by atoms with Crippen LogP contribution in [0.4, 0.5) is 24.5 Å². The number of nitrogens with zero attached hydrogens (tertiary/aromatic N) is 2. The molecule has 10 heteroatoms. The van der Waals surface area contributed by atoms with E-state index in [4.69, 9.17) is 5.11 Å². The van der Waals surface area contributed by atoms with Gasteiger partial charge in [-0.05, 0) is 59.3 Å². The van der Waals surface area contributed by atoms with Gasteiger partial charge in [0.15, 0.2) is 11.6 Å². The lowest BCUT2D eigenvalue weighted by Gasteiger charge is -2.44. The van der Waals surface area contributed by atoms with E-state index in [0.29, 0.717) is 29.6 Å². The third kappa shape index (κ3) is 4.66. The van der Waals surface area contributed by atoms with Crippen LogP contribution in [-0.2, 0) is 0 Å². The van der Waals surface area contributed by atoms with Crippen molar-refractivity contribution in [3.8, 4) is 0 Å². The van der Waals surface area contributed by atoms with Crippen LogP contribution < -0.4 is 5.32 Å². The number of nitrogens with one attached hydrogen (secondary N) is 1. The molecule has 0 bridgehead atoms. The highest BCUT2D eigenvalue weighted by Crippen LogP contribution is 2.32. The van der Waals surface area contributed by atoms with Crippen molar-refractivity contribution in [2.45, 2.75) is 18.1 Å². The number of benzene rings is 2. The molecular formula is C21H22F3IN3O3+. The van der Waals surface area contributed by atoms with Gasteiger partial charge >= 0.3 is 0 Å². The standard InChI is InChI=1S/C21H21F3IN3O3/c22-15-3-2-14(19(18(15)24)26-17-4-1-12(25)7-16(17)23)20(30)28-10-21(31,11-28)9-27-6-5-13(29)8-27/h1-4,7,13,26,29,31H,5-6,8-11H2/p+1. The number of rotatable bonds is 5. The minimum Gasteiger partial charge on any atom is -0.437 e. The van der Waals surface area contributed by atoms with E-state index in [-0.39, 0.29) is 30.4 Å². The summed E-state index contributed by atoms with van der Waals surface area (Å²) in [6.07, 6.45) is 0.274. The Morgan fingerprint density at radius 3 is 2.61 bits per heavy atom. The molecule has 2 heterocycles. The fraction of sp³-hybridized carbons (Fsp3) is 0.381. The summed E-state index contributed by atoms with van der Waals surface area (Å²) in [4.78, 5) is 16.4. The smallest absolute Gasteiger partial charge is 0.256 e. The average molecular weight is 548 g/mol. The number of carbonyl (C=O) groups is 1. The third-order valence-corrected chi connectivity index (χ3v) is 6.24. The molecule has 2 aliphatic heterocycles. The van der Waals surface area contributed by atoms with Crippen molar-refractivity contribution in [3.05, 3.63) is 56.9 Å². The van der Waals surface area contributed by atoms with Crippen molar-refractivity contribution in [2.24, 2.45) is 0 Å². The van der Waals surface area contributed by atoms with Crippen LogP contribution in [0, 0.1) is 21.0 Å². The molecule has 2 saturated heterocycles. The van der Waals surface area contributed by atoms with Gasteiger partial charge in [-0.3, -0.25) is 9.69 Å². The second-order valence-electron chi connectivity index (χ2n) is 8.15. The van der Waals surface area contributed by atoms with E-state index in [2.05, 4.69) is 5.32 Å². The average Bonchev–Trinajstić information content (AvgIpc) is 3.09. The van der Waals surface area contributed by atoms with Gasteiger partial charge in [0.25, 0.3) is 5.91 Å².